The summed E-state index contributed by atoms with van der Waals surface area (Å²) in [5.74, 6) is 0.475. The average molecular weight is 590 g/mol. The van der Waals surface area contributed by atoms with E-state index in [0.29, 0.717) is 58.8 Å². The third-order valence-electron chi connectivity index (χ3n) is 7.05. The monoisotopic (exact) mass is 589 g/mol. The van der Waals surface area contributed by atoms with Gasteiger partial charge in [-0.2, -0.15) is 0 Å². The van der Waals surface area contributed by atoms with Gasteiger partial charge in [0.25, 0.3) is 0 Å². The van der Waals surface area contributed by atoms with Crippen LogP contribution < -0.4 is 15.4 Å². The van der Waals surface area contributed by atoms with Crippen LogP contribution in [0.2, 0.25) is 5.02 Å². The third-order valence-corrected chi connectivity index (χ3v) is 7.35. The van der Waals surface area contributed by atoms with Crippen molar-refractivity contribution in [3.8, 4) is 5.75 Å². The molecule has 1 amide bonds. The average Bonchev–Trinajstić information content (AvgIpc) is 3.40. The highest BCUT2D eigenvalue weighted by molar-refractivity contribution is 6.32. The molecule has 3 aromatic carbocycles. The second kappa shape index (κ2) is 12.8. The molecule has 0 spiro atoms. The fourth-order valence-corrected chi connectivity index (χ4v) is 5.27. The second-order valence-corrected chi connectivity index (χ2v) is 10.5. The smallest absolute Gasteiger partial charge is 0.248 e. The van der Waals surface area contributed by atoms with Gasteiger partial charge in [-0.05, 0) is 54.1 Å². The first kappa shape index (κ1) is 28.0. The van der Waals surface area contributed by atoms with E-state index in [0.717, 1.165) is 18.5 Å². The summed E-state index contributed by atoms with van der Waals surface area (Å²) in [6, 6.07) is 16.9. The number of fused-ring (bicyclic) bond motifs is 2. The largest absolute Gasteiger partial charge is 0.487 e. The van der Waals surface area contributed by atoms with Crippen LogP contribution in [0.25, 0.3) is 10.9 Å². The summed E-state index contributed by atoms with van der Waals surface area (Å²) in [6.07, 6.45) is 5.07. The number of anilines is 3. The fraction of sp³-hybridized carbons (Fsp3) is 0.258. The molecule has 11 heteroatoms. The maximum atomic E-state index is 13.4. The van der Waals surface area contributed by atoms with Gasteiger partial charge in [0.2, 0.25) is 5.91 Å². The molecule has 2 unspecified atom stereocenters. The molecule has 2 saturated heterocycles. The number of carbonyl (C=O) groups is 1. The number of carbonyl (C=O) groups excluding carboxylic acids is 1. The lowest BCUT2D eigenvalue weighted by Gasteiger charge is -2.24. The van der Waals surface area contributed by atoms with E-state index in [1.165, 1.54) is 24.5 Å². The summed E-state index contributed by atoms with van der Waals surface area (Å²) in [5, 5.41) is 7.29. The Balaban J connectivity index is 1.08. The molecule has 2 aliphatic heterocycles. The number of nitrogens with zero attached hydrogens (tertiary/aromatic N) is 3. The summed E-state index contributed by atoms with van der Waals surface area (Å²) in [4.78, 5) is 23.6. The molecular formula is C31H29ClFN5O4. The number of hydrogen-bond donors (Lipinski definition) is 2. The molecule has 0 saturated carbocycles. The molecule has 2 N–H and O–H groups in total. The fourth-order valence-electron chi connectivity index (χ4n) is 5.03. The van der Waals surface area contributed by atoms with Gasteiger partial charge in [0, 0.05) is 42.5 Å². The lowest BCUT2D eigenvalue weighted by Crippen LogP contribution is -2.36. The highest BCUT2D eigenvalue weighted by atomic mass is 35.5. The number of halogens is 2. The van der Waals surface area contributed by atoms with Gasteiger partial charge in [0.15, 0.2) is 0 Å². The molecule has 6 rings (SSSR count). The zero-order valence-electron chi connectivity index (χ0n) is 22.6. The molecule has 0 bridgehead atoms. The summed E-state index contributed by atoms with van der Waals surface area (Å²) >= 11 is 6.47. The van der Waals surface area contributed by atoms with Crippen LogP contribution in [0.1, 0.15) is 5.56 Å². The Morgan fingerprint density at radius 2 is 1.86 bits per heavy atom. The van der Waals surface area contributed by atoms with Crippen LogP contribution in [0.4, 0.5) is 21.6 Å². The number of benzene rings is 3. The molecule has 2 atom stereocenters. The quantitative estimate of drug-likeness (QED) is 0.253. The van der Waals surface area contributed by atoms with Gasteiger partial charge in [-0.1, -0.05) is 29.8 Å². The van der Waals surface area contributed by atoms with Crippen LogP contribution in [-0.2, 0) is 20.9 Å². The minimum Gasteiger partial charge on any atom is -0.487 e. The molecule has 2 aliphatic rings. The minimum atomic E-state index is -0.320. The normalized spacial score (nSPS) is 18.7. The van der Waals surface area contributed by atoms with E-state index in [2.05, 4.69) is 25.5 Å². The maximum Gasteiger partial charge on any atom is 0.248 e. The predicted molar refractivity (Wildman–Crippen MR) is 159 cm³/mol. The molecule has 4 aromatic rings. The molecule has 0 aliphatic carbocycles. The molecule has 42 heavy (non-hydrogen) atoms. The Kier molecular flexibility index (Phi) is 8.57. The highest BCUT2D eigenvalue weighted by Crippen LogP contribution is 2.31. The van der Waals surface area contributed by atoms with Gasteiger partial charge in [-0.25, -0.2) is 14.4 Å². The van der Waals surface area contributed by atoms with E-state index >= 15 is 0 Å². The maximum absolute atomic E-state index is 13.4. The van der Waals surface area contributed by atoms with Crippen molar-refractivity contribution in [3.63, 3.8) is 0 Å². The number of rotatable bonds is 9. The van der Waals surface area contributed by atoms with Gasteiger partial charge in [-0.3, -0.25) is 9.69 Å². The standard InChI is InChI=1S/C31H29ClFN5O4/c32-25-15-23(7-9-27(25)42-18-20-3-1-4-21(33)13-20)37-31-24-14-22(6-8-26(24)34-19-35-31)36-30(39)5-2-10-38-16-28-29(17-38)41-12-11-40-28/h1-9,13-15,19,28-29H,10-12,16-18H2,(H,36,39)(H,34,35,37)/b5-2+. The number of aromatic nitrogens is 2. The Morgan fingerprint density at radius 1 is 1.05 bits per heavy atom. The van der Waals surface area contributed by atoms with Gasteiger partial charge in [0.05, 0.1) is 36.0 Å². The number of nitrogens with one attached hydrogen (secondary N) is 2. The van der Waals surface area contributed by atoms with Gasteiger partial charge < -0.3 is 24.8 Å². The zero-order chi connectivity index (χ0) is 28.9. The van der Waals surface area contributed by atoms with Crippen LogP contribution in [0.5, 0.6) is 5.75 Å². The van der Waals surface area contributed by atoms with Crippen LogP contribution in [0.3, 0.4) is 0 Å². The molecule has 9 nitrogen and oxygen atoms in total. The van der Waals surface area contributed by atoms with Crippen molar-refractivity contribution < 1.29 is 23.4 Å². The van der Waals surface area contributed by atoms with Crippen molar-refractivity contribution in [2.24, 2.45) is 0 Å². The Bertz CT molecular complexity index is 1610. The van der Waals surface area contributed by atoms with Gasteiger partial charge in [0.1, 0.15) is 30.3 Å². The molecule has 216 valence electrons. The van der Waals surface area contributed by atoms with Crippen LogP contribution in [0, 0.1) is 5.82 Å². The van der Waals surface area contributed by atoms with E-state index in [4.69, 9.17) is 25.8 Å². The molecule has 3 heterocycles. The SMILES string of the molecule is O=C(/C=C/CN1CC2OCCOC2C1)Nc1ccc2ncnc(Nc3ccc(OCc4cccc(F)c4)c(Cl)c3)c2c1. The number of likely N-dealkylation sites (tertiary alicyclic amines) is 1. The van der Waals surface area contributed by atoms with Crippen LogP contribution >= 0.6 is 11.6 Å². The number of ether oxygens (including phenoxy) is 3. The Hall–Kier alpha value is -4.09. The first-order chi connectivity index (χ1) is 20.5. The first-order valence-electron chi connectivity index (χ1n) is 13.6. The lowest BCUT2D eigenvalue weighted by atomic mass is 10.2. The zero-order valence-corrected chi connectivity index (χ0v) is 23.4. The van der Waals surface area contributed by atoms with Crippen molar-refractivity contribution in [1.29, 1.82) is 0 Å². The number of amides is 1. The first-order valence-corrected chi connectivity index (χ1v) is 14.0. The molecule has 2 fully saturated rings. The number of hydrogen-bond acceptors (Lipinski definition) is 8. The van der Waals surface area contributed by atoms with Crippen molar-refractivity contribution in [2.75, 3.05) is 43.5 Å². The predicted octanol–water partition coefficient (Wildman–Crippen LogP) is 5.34. The second-order valence-electron chi connectivity index (χ2n) is 10.1. The minimum absolute atomic E-state index is 0.109. The topological polar surface area (TPSA) is 97.8 Å². The van der Waals surface area contributed by atoms with E-state index in [-0.39, 0.29) is 30.5 Å². The van der Waals surface area contributed by atoms with E-state index in [9.17, 15) is 9.18 Å². The summed E-state index contributed by atoms with van der Waals surface area (Å²) in [7, 11) is 0. The lowest BCUT2D eigenvalue weighted by molar-refractivity contribution is -0.116. The van der Waals surface area contributed by atoms with E-state index < -0.39 is 0 Å². The Labute approximate surface area is 247 Å². The van der Waals surface area contributed by atoms with Crippen molar-refractivity contribution in [2.45, 2.75) is 18.8 Å². The summed E-state index contributed by atoms with van der Waals surface area (Å²) in [5.41, 5.74) is 2.71. The van der Waals surface area contributed by atoms with Gasteiger partial charge >= 0.3 is 0 Å². The molecule has 0 radical (unpaired) electrons. The van der Waals surface area contributed by atoms with Crippen LogP contribution in [-0.4, -0.2) is 65.8 Å². The summed E-state index contributed by atoms with van der Waals surface area (Å²) in [6.45, 7) is 3.70. The Morgan fingerprint density at radius 3 is 2.64 bits per heavy atom. The van der Waals surface area contributed by atoms with Gasteiger partial charge in [-0.15, -0.1) is 0 Å². The molecular weight excluding hydrogens is 561 g/mol. The van der Waals surface area contributed by atoms with Crippen molar-refractivity contribution in [3.05, 3.63) is 95.5 Å². The van der Waals surface area contributed by atoms with Crippen molar-refractivity contribution >= 4 is 45.6 Å². The van der Waals surface area contributed by atoms with Crippen LogP contribution in [0.15, 0.2) is 79.1 Å². The van der Waals surface area contributed by atoms with Crippen molar-refractivity contribution in [1.82, 2.24) is 14.9 Å². The summed E-state index contributed by atoms with van der Waals surface area (Å²) < 4.78 is 30.7. The van der Waals surface area contributed by atoms with E-state index in [1.807, 2.05) is 24.3 Å². The molecule has 1 aromatic heterocycles. The highest BCUT2D eigenvalue weighted by Gasteiger charge is 2.35. The third kappa shape index (κ3) is 6.85. The van der Waals surface area contributed by atoms with E-state index in [1.54, 1.807) is 30.3 Å².